The number of amides is 5. The van der Waals surface area contributed by atoms with E-state index < -0.39 is 53.6 Å². The zero-order valence-electron chi connectivity index (χ0n) is 47.7. The van der Waals surface area contributed by atoms with Crippen LogP contribution in [-0.2, 0) is 59.4 Å². The lowest BCUT2D eigenvalue weighted by molar-refractivity contribution is -0.155. The Morgan fingerprint density at radius 1 is 1.00 bits per heavy atom. The number of methoxy groups -OCH3 is 1. The fraction of sp³-hybridized carbons (Fsp3) is 0.567. The van der Waals surface area contributed by atoms with Gasteiger partial charge in [-0.05, 0) is 117 Å². The standard InChI is InChI=1S/C60H81FN10O8/c1-11-51(72)69-35-60(79-37-69)17-20-68(21-18-60)58(76)66(9)53(38(3)4)55(73)63-49-29-40-26-41(33-61)28-43(27-40)42-15-16-50-45(30-42)47(32-59(6,7)36-78-57(75)48-14-13-19-71(64-48)56(49)74)54(70(50)12-2)46-31-44(34-62-52(46)39(5)77-10)67-24-22-65(8)23-25-67/h11,15-16,26-28,30-31,34,38-39,48-49,53,64H,1,12-14,17-25,29,32-33,35-37H2,2-10H3,(H,63,73)/t39-,48-,49-,53-/m0/s1. The lowest BCUT2D eigenvalue weighted by Crippen LogP contribution is -2.62. The summed E-state index contributed by atoms with van der Waals surface area (Å²) < 4.78 is 35.9. The highest BCUT2D eigenvalue weighted by Crippen LogP contribution is 2.43. The van der Waals surface area contributed by atoms with Crippen molar-refractivity contribution in [1.29, 1.82) is 0 Å². The number of aryl methyl sites for hydroxylation is 1. The summed E-state index contributed by atoms with van der Waals surface area (Å²) in [5.41, 5.74) is 10.5. The van der Waals surface area contributed by atoms with Gasteiger partial charge >= 0.3 is 12.0 Å². The van der Waals surface area contributed by atoms with Crippen LogP contribution >= 0.6 is 0 Å². The molecule has 426 valence electrons. The quantitative estimate of drug-likeness (QED) is 0.118. The monoisotopic (exact) mass is 1090 g/mol. The molecule has 5 aliphatic heterocycles. The normalized spacial score (nSPS) is 21.7. The molecule has 0 saturated carbocycles. The van der Waals surface area contributed by atoms with Crippen molar-refractivity contribution >= 4 is 46.3 Å². The first-order chi connectivity index (χ1) is 37.8. The van der Waals surface area contributed by atoms with Crippen LogP contribution in [-0.4, -0.2) is 175 Å². The Balaban J connectivity index is 1.09. The van der Waals surface area contributed by atoms with E-state index in [9.17, 15) is 24.0 Å². The van der Waals surface area contributed by atoms with Crippen LogP contribution in [0, 0.1) is 11.3 Å². The zero-order chi connectivity index (χ0) is 56.5. The smallest absolute Gasteiger partial charge is 0.324 e. The molecular weight excluding hydrogens is 1010 g/mol. The number of hydrogen-bond acceptors (Lipinski definition) is 12. The fourth-order valence-electron chi connectivity index (χ4n) is 12.4. The summed E-state index contributed by atoms with van der Waals surface area (Å²) in [5.74, 6) is -2.08. The predicted molar refractivity (Wildman–Crippen MR) is 301 cm³/mol. The van der Waals surface area contributed by atoms with Crippen LogP contribution in [0.1, 0.15) is 95.7 Å². The van der Waals surface area contributed by atoms with Gasteiger partial charge < -0.3 is 48.6 Å². The fourth-order valence-corrected chi connectivity index (χ4v) is 12.4. The molecule has 5 aliphatic rings. The van der Waals surface area contributed by atoms with Crippen LogP contribution in [0.3, 0.4) is 0 Å². The molecule has 4 aromatic rings. The average molecular weight is 1090 g/mol. The lowest BCUT2D eigenvalue weighted by Gasteiger charge is -2.41. The summed E-state index contributed by atoms with van der Waals surface area (Å²) in [6, 6.07) is 10.8. The second kappa shape index (κ2) is 23.7. The molecule has 1 spiro atoms. The molecule has 2 aromatic heterocycles. The van der Waals surface area contributed by atoms with Gasteiger partial charge in [-0.15, -0.1) is 0 Å². The number of cyclic esters (lactones) is 1. The number of piperidine rings is 1. The molecule has 6 bridgehead atoms. The van der Waals surface area contributed by atoms with Crippen molar-refractivity contribution in [2.45, 2.75) is 123 Å². The first kappa shape index (κ1) is 57.3. The van der Waals surface area contributed by atoms with Crippen molar-refractivity contribution in [3.63, 3.8) is 0 Å². The number of alkyl halides is 1. The van der Waals surface area contributed by atoms with E-state index in [1.54, 1.807) is 30.0 Å². The highest BCUT2D eigenvalue weighted by molar-refractivity contribution is 5.96. The molecule has 0 unspecified atom stereocenters. The molecule has 19 heteroatoms. The second-order valence-corrected chi connectivity index (χ2v) is 23.6. The van der Waals surface area contributed by atoms with Gasteiger partial charge in [-0.3, -0.25) is 29.2 Å². The number of urea groups is 1. The Morgan fingerprint density at radius 3 is 2.43 bits per heavy atom. The van der Waals surface area contributed by atoms with Gasteiger partial charge in [0.1, 0.15) is 31.5 Å². The number of esters is 1. The van der Waals surface area contributed by atoms with Crippen molar-refractivity contribution < 1.29 is 42.6 Å². The Hall–Kier alpha value is -6.41. The minimum atomic E-state index is -1.19. The number of hydrazine groups is 1. The van der Waals surface area contributed by atoms with E-state index in [-0.39, 0.29) is 50.3 Å². The Morgan fingerprint density at radius 2 is 1.75 bits per heavy atom. The first-order valence-corrected chi connectivity index (χ1v) is 28.2. The summed E-state index contributed by atoms with van der Waals surface area (Å²) in [7, 11) is 5.44. The highest BCUT2D eigenvalue weighted by atomic mass is 19.1. The first-order valence-electron chi connectivity index (χ1n) is 28.2. The van der Waals surface area contributed by atoms with Crippen LogP contribution in [0.25, 0.3) is 33.3 Å². The minimum Gasteiger partial charge on any atom is -0.464 e. The Kier molecular flexibility index (Phi) is 17.2. The molecular formula is C60H81FN10O8. The number of nitrogens with one attached hydrogen (secondary N) is 2. The number of likely N-dealkylation sites (tertiary alicyclic amines) is 1. The van der Waals surface area contributed by atoms with Crippen LogP contribution in [0.4, 0.5) is 14.9 Å². The van der Waals surface area contributed by atoms with Gasteiger partial charge in [0.15, 0.2) is 0 Å². The number of piperazine rings is 1. The summed E-state index contributed by atoms with van der Waals surface area (Å²) in [6.45, 7) is 20.8. The maximum absolute atomic E-state index is 15.2. The summed E-state index contributed by atoms with van der Waals surface area (Å²) in [6.07, 6.45) is 5.34. The number of halogens is 1. The van der Waals surface area contributed by atoms with E-state index in [2.05, 4.69) is 83.8 Å². The molecule has 9 rings (SSSR count). The number of carbonyl (C=O) groups is 5. The average Bonchev–Trinajstić information content (AvgIpc) is 4.12. The number of nitrogens with zero attached hydrogens (tertiary/aromatic N) is 8. The van der Waals surface area contributed by atoms with Gasteiger partial charge in [0, 0.05) is 94.8 Å². The number of fused-ring (bicyclic) bond motifs is 6. The van der Waals surface area contributed by atoms with Crippen LogP contribution < -0.4 is 15.6 Å². The van der Waals surface area contributed by atoms with Gasteiger partial charge in [0.05, 0.1) is 48.1 Å². The molecule has 2 aromatic carbocycles. The molecule has 0 aliphatic carbocycles. The van der Waals surface area contributed by atoms with Gasteiger partial charge in [0.25, 0.3) is 5.91 Å². The van der Waals surface area contributed by atoms with Gasteiger partial charge in [-0.2, -0.15) is 0 Å². The molecule has 0 radical (unpaired) electrons. The molecule has 7 heterocycles. The maximum atomic E-state index is 15.2. The number of benzene rings is 2. The van der Waals surface area contributed by atoms with E-state index in [0.717, 1.165) is 76.4 Å². The molecule has 79 heavy (non-hydrogen) atoms. The van der Waals surface area contributed by atoms with Crippen molar-refractivity contribution in [2.75, 3.05) is 91.8 Å². The number of pyridine rings is 1. The number of aromatic nitrogens is 2. The Labute approximate surface area is 464 Å². The van der Waals surface area contributed by atoms with Crippen molar-refractivity contribution in [3.05, 3.63) is 83.7 Å². The molecule has 4 saturated heterocycles. The van der Waals surface area contributed by atoms with Gasteiger partial charge in [-0.25, -0.2) is 14.6 Å². The zero-order valence-corrected chi connectivity index (χ0v) is 47.7. The van der Waals surface area contributed by atoms with Gasteiger partial charge in [0.2, 0.25) is 11.8 Å². The Bertz CT molecular complexity index is 2940. The number of likely N-dealkylation sites (N-methyl/N-ethyl adjacent to an activating group) is 2. The number of carbonyl (C=O) groups excluding carboxylic acids is 5. The van der Waals surface area contributed by atoms with E-state index in [1.807, 2.05) is 39.1 Å². The number of hydrogen-bond donors (Lipinski definition) is 2. The third kappa shape index (κ3) is 12.1. The third-order valence-electron chi connectivity index (χ3n) is 16.9. The van der Waals surface area contributed by atoms with Crippen molar-refractivity contribution in [1.82, 2.24) is 44.9 Å². The predicted octanol–water partition coefficient (Wildman–Crippen LogP) is 6.88. The SMILES string of the molecule is C=CC(=O)N1COC2(CCN(C(=O)N(C)[C@H](C(=O)N[C@H]3Cc4cc(CF)cc(c4)-c4ccc5c(c4)c(c(-c4cc(N6CCN(C)CC6)cnc4[C@H](C)OC)n5CC)CC(C)(C)COC(=O)[C@@H]4CCCN(N4)C3=O)C(C)C)CC2)C1. The van der Waals surface area contributed by atoms with Gasteiger partial charge in [-0.1, -0.05) is 52.5 Å². The second-order valence-electron chi connectivity index (χ2n) is 23.6. The summed E-state index contributed by atoms with van der Waals surface area (Å²) in [4.78, 5) is 85.3. The molecule has 18 nitrogen and oxygen atoms in total. The topological polar surface area (TPSA) is 174 Å². The van der Waals surface area contributed by atoms with Crippen LogP contribution in [0.2, 0.25) is 0 Å². The lowest BCUT2D eigenvalue weighted by atomic mass is 9.84. The number of ether oxygens (including phenoxy) is 3. The number of anilines is 1. The van der Waals surface area contributed by atoms with Crippen molar-refractivity contribution in [3.8, 4) is 22.4 Å². The van der Waals surface area contributed by atoms with E-state index in [1.165, 1.54) is 16.0 Å². The molecule has 4 atom stereocenters. The van der Waals surface area contributed by atoms with Crippen molar-refractivity contribution in [2.24, 2.45) is 11.3 Å². The number of rotatable bonds is 11. The molecule has 2 N–H and O–H groups in total. The summed E-state index contributed by atoms with van der Waals surface area (Å²) in [5, 5.41) is 5.45. The van der Waals surface area contributed by atoms with E-state index in [4.69, 9.17) is 19.2 Å². The molecule has 5 amide bonds. The summed E-state index contributed by atoms with van der Waals surface area (Å²) >= 11 is 0. The van der Waals surface area contributed by atoms with Crippen LogP contribution in [0.15, 0.2) is 61.3 Å². The van der Waals surface area contributed by atoms with E-state index in [0.29, 0.717) is 69.4 Å². The maximum Gasteiger partial charge on any atom is 0.324 e. The highest BCUT2D eigenvalue weighted by Gasteiger charge is 2.45. The van der Waals surface area contributed by atoms with E-state index >= 15 is 4.39 Å². The van der Waals surface area contributed by atoms with Crippen LogP contribution in [0.5, 0.6) is 0 Å². The minimum absolute atomic E-state index is 0.0179. The molecule has 4 fully saturated rings. The largest absolute Gasteiger partial charge is 0.464 e. The third-order valence-corrected chi connectivity index (χ3v) is 16.9.